The van der Waals surface area contributed by atoms with Crippen molar-refractivity contribution in [3.63, 3.8) is 0 Å². The molecule has 4 aromatic rings. The SMILES string of the molecule is O=S(=O)(c1ccc2nccc(Nc3ccc4scnc4c3)c2c1)N1CCOCC1. The molecule has 0 atom stereocenters. The van der Waals surface area contributed by atoms with Gasteiger partial charge >= 0.3 is 0 Å². The third kappa shape index (κ3) is 3.46. The Bertz CT molecular complexity index is 1300. The van der Waals surface area contributed by atoms with Gasteiger partial charge in [-0.3, -0.25) is 4.98 Å². The number of fused-ring (bicyclic) bond motifs is 2. The monoisotopic (exact) mass is 426 g/mol. The number of rotatable bonds is 4. The van der Waals surface area contributed by atoms with Gasteiger partial charge in [0.2, 0.25) is 10.0 Å². The molecule has 9 heteroatoms. The first-order chi connectivity index (χ1) is 14.1. The molecule has 5 rings (SSSR count). The highest BCUT2D eigenvalue weighted by Gasteiger charge is 2.26. The molecule has 0 radical (unpaired) electrons. The predicted octanol–water partition coefficient (Wildman–Crippen LogP) is 3.61. The molecule has 0 bridgehead atoms. The first-order valence-corrected chi connectivity index (χ1v) is 11.5. The van der Waals surface area contributed by atoms with Crippen molar-refractivity contribution < 1.29 is 13.2 Å². The van der Waals surface area contributed by atoms with Crippen LogP contribution in [0.2, 0.25) is 0 Å². The van der Waals surface area contributed by atoms with E-state index in [0.29, 0.717) is 26.3 Å². The second-order valence-corrected chi connectivity index (χ2v) is 9.54. The van der Waals surface area contributed by atoms with E-state index in [2.05, 4.69) is 15.3 Å². The molecule has 29 heavy (non-hydrogen) atoms. The van der Waals surface area contributed by atoms with E-state index in [-0.39, 0.29) is 4.90 Å². The van der Waals surface area contributed by atoms with E-state index >= 15 is 0 Å². The summed E-state index contributed by atoms with van der Waals surface area (Å²) in [5, 5.41) is 4.13. The summed E-state index contributed by atoms with van der Waals surface area (Å²) in [6, 6.07) is 12.9. The fourth-order valence-corrected chi connectivity index (χ4v) is 5.52. The summed E-state index contributed by atoms with van der Waals surface area (Å²) in [7, 11) is -3.58. The Morgan fingerprint density at radius 3 is 2.72 bits per heavy atom. The molecule has 2 aromatic carbocycles. The lowest BCUT2D eigenvalue weighted by atomic mass is 10.2. The van der Waals surface area contributed by atoms with E-state index in [1.807, 2.05) is 29.8 Å². The van der Waals surface area contributed by atoms with Gasteiger partial charge in [0.15, 0.2) is 0 Å². The van der Waals surface area contributed by atoms with Gasteiger partial charge in [0.25, 0.3) is 0 Å². The highest BCUT2D eigenvalue weighted by molar-refractivity contribution is 7.89. The van der Waals surface area contributed by atoms with E-state index in [1.54, 1.807) is 35.7 Å². The number of benzene rings is 2. The van der Waals surface area contributed by atoms with Crippen molar-refractivity contribution in [2.45, 2.75) is 4.90 Å². The zero-order valence-electron chi connectivity index (χ0n) is 15.4. The summed E-state index contributed by atoms with van der Waals surface area (Å²) in [6.45, 7) is 1.57. The zero-order chi connectivity index (χ0) is 19.8. The standard InChI is InChI=1S/C20H18N4O3S2/c25-29(26,24-7-9-27-10-8-24)15-2-3-17-16(12-15)18(5-6-21-17)23-14-1-4-20-19(11-14)22-13-28-20/h1-6,11-13H,7-10H2,(H,21,23). The van der Waals surface area contributed by atoms with E-state index in [1.165, 1.54) is 4.31 Å². The minimum absolute atomic E-state index is 0.262. The summed E-state index contributed by atoms with van der Waals surface area (Å²) in [6.07, 6.45) is 1.71. The number of hydrogen-bond donors (Lipinski definition) is 1. The van der Waals surface area contributed by atoms with Crippen molar-refractivity contribution >= 4 is 53.9 Å². The van der Waals surface area contributed by atoms with Gasteiger partial charge in [0.05, 0.1) is 39.4 Å². The lowest BCUT2D eigenvalue weighted by molar-refractivity contribution is 0.0730. The zero-order valence-corrected chi connectivity index (χ0v) is 17.0. The van der Waals surface area contributed by atoms with Gasteiger partial charge in [-0.1, -0.05) is 0 Å². The third-order valence-electron chi connectivity index (χ3n) is 4.93. The first kappa shape index (κ1) is 18.4. The normalized spacial score (nSPS) is 15.7. The largest absolute Gasteiger partial charge is 0.379 e. The van der Waals surface area contributed by atoms with Gasteiger partial charge < -0.3 is 10.1 Å². The minimum Gasteiger partial charge on any atom is -0.379 e. The molecule has 0 unspecified atom stereocenters. The number of hydrogen-bond acceptors (Lipinski definition) is 7. The quantitative estimate of drug-likeness (QED) is 0.537. The van der Waals surface area contributed by atoms with Crippen molar-refractivity contribution in [3.8, 4) is 0 Å². The molecule has 0 amide bonds. The number of pyridine rings is 1. The lowest BCUT2D eigenvalue weighted by Gasteiger charge is -2.26. The van der Waals surface area contributed by atoms with E-state index in [4.69, 9.17) is 4.74 Å². The number of aromatic nitrogens is 2. The van der Waals surface area contributed by atoms with Crippen molar-refractivity contribution in [1.82, 2.24) is 14.3 Å². The smallest absolute Gasteiger partial charge is 0.243 e. The van der Waals surface area contributed by atoms with Gasteiger partial charge in [0, 0.05) is 36.0 Å². The maximum Gasteiger partial charge on any atom is 0.243 e. The van der Waals surface area contributed by atoms with Crippen molar-refractivity contribution in [2.24, 2.45) is 0 Å². The molecule has 0 saturated carbocycles. The first-order valence-electron chi connectivity index (χ1n) is 9.18. The van der Waals surface area contributed by atoms with Gasteiger partial charge in [0.1, 0.15) is 0 Å². The van der Waals surface area contributed by atoms with Crippen molar-refractivity contribution in [1.29, 1.82) is 0 Å². The Labute approximate surface area is 172 Å². The molecule has 1 aliphatic rings. The molecule has 0 spiro atoms. The number of anilines is 2. The number of ether oxygens (including phenoxy) is 1. The van der Waals surface area contributed by atoms with Crippen LogP contribution in [0, 0.1) is 0 Å². The Balaban J connectivity index is 1.54. The molecule has 0 aliphatic carbocycles. The number of nitrogens with one attached hydrogen (secondary N) is 1. The summed E-state index contributed by atoms with van der Waals surface area (Å²) in [4.78, 5) is 9.00. The molecule has 2 aromatic heterocycles. The number of thiazole rings is 1. The molecule has 1 saturated heterocycles. The average molecular weight is 427 g/mol. The van der Waals surface area contributed by atoms with Gasteiger partial charge in [-0.25, -0.2) is 13.4 Å². The molecular weight excluding hydrogens is 408 g/mol. The molecule has 1 N–H and O–H groups in total. The van der Waals surface area contributed by atoms with Crippen LogP contribution in [0.5, 0.6) is 0 Å². The number of sulfonamides is 1. The second kappa shape index (κ2) is 7.34. The Hall–Kier alpha value is -2.59. The molecule has 148 valence electrons. The van der Waals surface area contributed by atoms with Crippen LogP contribution in [-0.4, -0.2) is 49.0 Å². The summed E-state index contributed by atoms with van der Waals surface area (Å²) >= 11 is 1.59. The molecular formula is C20H18N4O3S2. The number of nitrogens with zero attached hydrogens (tertiary/aromatic N) is 3. The van der Waals surface area contributed by atoms with Gasteiger partial charge in [-0.15, -0.1) is 11.3 Å². The minimum atomic E-state index is -3.58. The molecule has 1 fully saturated rings. The predicted molar refractivity (Wildman–Crippen MR) is 114 cm³/mol. The Morgan fingerprint density at radius 1 is 1.00 bits per heavy atom. The van der Waals surface area contributed by atoms with Crippen LogP contribution >= 0.6 is 11.3 Å². The van der Waals surface area contributed by atoms with Crippen LogP contribution in [0.1, 0.15) is 0 Å². The van der Waals surface area contributed by atoms with Crippen molar-refractivity contribution in [2.75, 3.05) is 31.6 Å². The van der Waals surface area contributed by atoms with Crippen LogP contribution < -0.4 is 5.32 Å². The Morgan fingerprint density at radius 2 is 1.86 bits per heavy atom. The van der Waals surface area contributed by atoms with Crippen LogP contribution in [0.25, 0.3) is 21.1 Å². The highest BCUT2D eigenvalue weighted by Crippen LogP contribution is 2.30. The Kier molecular flexibility index (Phi) is 4.67. The van der Waals surface area contributed by atoms with Crippen LogP contribution in [0.15, 0.2) is 59.1 Å². The van der Waals surface area contributed by atoms with Crippen molar-refractivity contribution in [3.05, 3.63) is 54.2 Å². The fourth-order valence-electron chi connectivity index (χ4n) is 3.42. The van der Waals surface area contributed by atoms with Crippen LogP contribution in [-0.2, 0) is 14.8 Å². The van der Waals surface area contributed by atoms with Gasteiger partial charge in [-0.05, 0) is 42.5 Å². The molecule has 1 aliphatic heterocycles. The van der Waals surface area contributed by atoms with E-state index in [0.717, 1.165) is 32.5 Å². The maximum absolute atomic E-state index is 13.0. The second-order valence-electron chi connectivity index (χ2n) is 6.71. The third-order valence-corrected chi connectivity index (χ3v) is 7.63. The topological polar surface area (TPSA) is 84.4 Å². The van der Waals surface area contributed by atoms with E-state index < -0.39 is 10.0 Å². The lowest BCUT2D eigenvalue weighted by Crippen LogP contribution is -2.40. The average Bonchev–Trinajstić information content (AvgIpc) is 3.22. The van der Waals surface area contributed by atoms with E-state index in [9.17, 15) is 8.42 Å². The summed E-state index contributed by atoms with van der Waals surface area (Å²) < 4.78 is 33.9. The molecule has 3 heterocycles. The van der Waals surface area contributed by atoms with Gasteiger partial charge in [-0.2, -0.15) is 4.31 Å². The maximum atomic E-state index is 13.0. The summed E-state index contributed by atoms with van der Waals surface area (Å²) in [5.41, 5.74) is 5.15. The van der Waals surface area contributed by atoms with Crippen LogP contribution in [0.4, 0.5) is 11.4 Å². The fraction of sp³-hybridized carbons (Fsp3) is 0.200. The molecule has 7 nitrogen and oxygen atoms in total. The highest BCUT2D eigenvalue weighted by atomic mass is 32.2. The number of morpholine rings is 1. The van der Waals surface area contributed by atoms with Crippen LogP contribution in [0.3, 0.4) is 0 Å². The summed E-state index contributed by atoms with van der Waals surface area (Å²) in [5.74, 6) is 0.